The van der Waals surface area contributed by atoms with Crippen LogP contribution in [0.5, 0.6) is 5.75 Å². The van der Waals surface area contributed by atoms with Crippen LogP contribution in [-0.2, 0) is 21.2 Å². The molecule has 0 spiro atoms. The number of hydrogen-bond donors (Lipinski definition) is 2. The molecule has 1 heterocycles. The van der Waals surface area contributed by atoms with Crippen molar-refractivity contribution in [3.05, 3.63) is 48.0 Å². The van der Waals surface area contributed by atoms with Crippen LogP contribution in [-0.4, -0.2) is 34.0 Å². The third-order valence-electron chi connectivity index (χ3n) is 4.43. The monoisotopic (exact) mass is 375 g/mol. The highest BCUT2D eigenvalue weighted by Crippen LogP contribution is 2.33. The molecule has 8 heteroatoms. The summed E-state index contributed by atoms with van der Waals surface area (Å²) in [6, 6.07) is 12.0. The van der Waals surface area contributed by atoms with E-state index in [1.54, 1.807) is 31.4 Å². The quantitative estimate of drug-likeness (QED) is 0.829. The van der Waals surface area contributed by atoms with Crippen molar-refractivity contribution in [3.63, 3.8) is 0 Å². The first-order valence-corrected chi connectivity index (χ1v) is 9.69. The van der Waals surface area contributed by atoms with Crippen LogP contribution in [0.15, 0.2) is 47.4 Å². The van der Waals surface area contributed by atoms with Gasteiger partial charge in [0.2, 0.25) is 15.9 Å². The van der Waals surface area contributed by atoms with E-state index < -0.39 is 10.0 Å². The maximum Gasteiger partial charge on any atom is 0.244 e. The van der Waals surface area contributed by atoms with Crippen LogP contribution < -0.4 is 20.1 Å². The Bertz CT molecular complexity index is 943. The van der Waals surface area contributed by atoms with Crippen molar-refractivity contribution in [2.45, 2.75) is 24.3 Å². The fraction of sp³-hybridized carbons (Fsp3) is 0.278. The molecule has 0 bridgehead atoms. The maximum absolute atomic E-state index is 12.5. The summed E-state index contributed by atoms with van der Waals surface area (Å²) in [4.78, 5) is 14.5. The van der Waals surface area contributed by atoms with E-state index in [2.05, 4.69) is 5.32 Å². The summed E-state index contributed by atoms with van der Waals surface area (Å²) in [6.45, 7) is 2.15. The van der Waals surface area contributed by atoms with Gasteiger partial charge in [-0.25, -0.2) is 13.6 Å². The number of carbonyl (C=O) groups is 1. The van der Waals surface area contributed by atoms with Gasteiger partial charge in [0.05, 0.1) is 24.2 Å². The van der Waals surface area contributed by atoms with Crippen LogP contribution in [0.25, 0.3) is 0 Å². The molecule has 1 aliphatic rings. The number of benzene rings is 2. The van der Waals surface area contributed by atoms with Crippen molar-refractivity contribution in [1.29, 1.82) is 0 Å². The zero-order chi connectivity index (χ0) is 18.9. The number of nitrogens with two attached hydrogens (primary N) is 1. The highest BCUT2D eigenvalue weighted by molar-refractivity contribution is 7.89. The first kappa shape index (κ1) is 18.2. The number of para-hydroxylation sites is 2. The highest BCUT2D eigenvalue weighted by atomic mass is 32.2. The Morgan fingerprint density at radius 2 is 2.04 bits per heavy atom. The number of ether oxygens (including phenoxy) is 1. The molecule has 2 aromatic rings. The van der Waals surface area contributed by atoms with E-state index in [1.807, 2.05) is 24.0 Å². The van der Waals surface area contributed by atoms with Gasteiger partial charge in [-0.3, -0.25) is 4.79 Å². The molecule has 0 saturated carbocycles. The Labute approximate surface area is 152 Å². The molecule has 0 aliphatic carbocycles. The van der Waals surface area contributed by atoms with E-state index in [0.29, 0.717) is 17.9 Å². The second kappa shape index (κ2) is 6.97. The number of nitrogens with one attached hydrogen (secondary N) is 1. The SMILES string of the molecule is COc1ccccc1NC(=O)CN1c2ccc(S(N)(=O)=O)cc2C[C@@H]1C. The van der Waals surface area contributed by atoms with Gasteiger partial charge in [0.1, 0.15) is 5.75 Å². The zero-order valence-electron chi connectivity index (χ0n) is 14.6. The summed E-state index contributed by atoms with van der Waals surface area (Å²) in [5, 5.41) is 8.05. The van der Waals surface area contributed by atoms with E-state index in [0.717, 1.165) is 11.3 Å². The smallest absolute Gasteiger partial charge is 0.244 e. The van der Waals surface area contributed by atoms with Gasteiger partial charge < -0.3 is 15.0 Å². The van der Waals surface area contributed by atoms with Gasteiger partial charge in [-0.15, -0.1) is 0 Å². The number of methoxy groups -OCH3 is 1. The molecule has 0 aromatic heterocycles. The summed E-state index contributed by atoms with van der Waals surface area (Å²) in [6.07, 6.45) is 0.653. The number of primary sulfonamides is 1. The largest absolute Gasteiger partial charge is 0.495 e. The maximum atomic E-state index is 12.5. The number of carbonyl (C=O) groups excluding carboxylic acids is 1. The standard InChI is InChI=1S/C18H21N3O4S/c1-12-9-13-10-14(26(19,23)24)7-8-16(13)21(12)11-18(22)20-15-5-3-4-6-17(15)25-2/h3-8,10,12H,9,11H2,1-2H3,(H,20,22)(H2,19,23,24)/t12-/m0/s1. The normalized spacial score (nSPS) is 16.3. The molecule has 3 N–H and O–H groups in total. The average Bonchev–Trinajstić information content (AvgIpc) is 2.89. The first-order chi connectivity index (χ1) is 12.3. The molecular formula is C18H21N3O4S. The Morgan fingerprint density at radius 1 is 1.31 bits per heavy atom. The summed E-state index contributed by atoms with van der Waals surface area (Å²) in [5.41, 5.74) is 2.32. The summed E-state index contributed by atoms with van der Waals surface area (Å²) < 4.78 is 28.3. The number of anilines is 2. The summed E-state index contributed by atoms with van der Waals surface area (Å²) in [5.74, 6) is 0.415. The molecular weight excluding hydrogens is 354 g/mol. The van der Waals surface area contributed by atoms with Crippen LogP contribution in [0, 0.1) is 0 Å². The molecule has 7 nitrogen and oxygen atoms in total. The molecule has 3 rings (SSSR count). The van der Waals surface area contributed by atoms with E-state index >= 15 is 0 Å². The highest BCUT2D eigenvalue weighted by Gasteiger charge is 2.28. The second-order valence-corrected chi connectivity index (χ2v) is 7.83. The third kappa shape index (κ3) is 3.66. The number of sulfonamides is 1. The summed E-state index contributed by atoms with van der Waals surface area (Å²) >= 11 is 0. The number of nitrogens with zero attached hydrogens (tertiary/aromatic N) is 1. The lowest BCUT2D eigenvalue weighted by atomic mass is 10.1. The van der Waals surface area contributed by atoms with E-state index in [9.17, 15) is 13.2 Å². The molecule has 1 amide bonds. The molecule has 1 aliphatic heterocycles. The molecule has 138 valence electrons. The molecule has 0 unspecified atom stereocenters. The fourth-order valence-corrected chi connectivity index (χ4v) is 3.75. The fourth-order valence-electron chi connectivity index (χ4n) is 3.18. The number of amides is 1. The van der Waals surface area contributed by atoms with Gasteiger partial charge in [-0.05, 0) is 49.2 Å². The second-order valence-electron chi connectivity index (χ2n) is 6.27. The van der Waals surface area contributed by atoms with Gasteiger partial charge >= 0.3 is 0 Å². The van der Waals surface area contributed by atoms with Crippen molar-refractivity contribution in [2.24, 2.45) is 5.14 Å². The number of fused-ring (bicyclic) bond motifs is 1. The van der Waals surface area contributed by atoms with Crippen molar-refractivity contribution in [3.8, 4) is 5.75 Å². The van der Waals surface area contributed by atoms with Gasteiger partial charge in [0, 0.05) is 11.7 Å². The zero-order valence-corrected chi connectivity index (χ0v) is 15.4. The Hall–Kier alpha value is -2.58. The first-order valence-electron chi connectivity index (χ1n) is 8.15. The lowest BCUT2D eigenvalue weighted by Crippen LogP contribution is -2.37. The van der Waals surface area contributed by atoms with Crippen LogP contribution in [0.2, 0.25) is 0 Å². The van der Waals surface area contributed by atoms with Crippen molar-refractivity contribution < 1.29 is 17.9 Å². The minimum absolute atomic E-state index is 0.0733. The Balaban J connectivity index is 1.78. The summed E-state index contributed by atoms with van der Waals surface area (Å²) in [7, 11) is -2.19. The van der Waals surface area contributed by atoms with Gasteiger partial charge in [0.15, 0.2) is 0 Å². The van der Waals surface area contributed by atoms with E-state index in [-0.39, 0.29) is 23.4 Å². The average molecular weight is 375 g/mol. The van der Waals surface area contributed by atoms with Gasteiger partial charge in [-0.2, -0.15) is 0 Å². The molecule has 0 radical (unpaired) electrons. The van der Waals surface area contributed by atoms with Crippen LogP contribution >= 0.6 is 0 Å². The lowest BCUT2D eigenvalue weighted by molar-refractivity contribution is -0.115. The van der Waals surface area contributed by atoms with Crippen molar-refractivity contribution in [1.82, 2.24) is 0 Å². The molecule has 26 heavy (non-hydrogen) atoms. The lowest BCUT2D eigenvalue weighted by Gasteiger charge is -2.24. The Morgan fingerprint density at radius 3 is 2.73 bits per heavy atom. The van der Waals surface area contributed by atoms with Crippen molar-refractivity contribution >= 4 is 27.3 Å². The third-order valence-corrected chi connectivity index (χ3v) is 5.34. The van der Waals surface area contributed by atoms with Crippen LogP contribution in [0.3, 0.4) is 0 Å². The number of hydrogen-bond acceptors (Lipinski definition) is 5. The topological polar surface area (TPSA) is 102 Å². The number of rotatable bonds is 5. The molecule has 2 aromatic carbocycles. The predicted molar refractivity (Wildman–Crippen MR) is 100.0 cm³/mol. The van der Waals surface area contributed by atoms with E-state index in [4.69, 9.17) is 9.88 Å². The molecule has 1 atom stereocenters. The minimum atomic E-state index is -3.74. The molecule has 0 fully saturated rings. The van der Waals surface area contributed by atoms with Crippen LogP contribution in [0.1, 0.15) is 12.5 Å². The van der Waals surface area contributed by atoms with Crippen LogP contribution in [0.4, 0.5) is 11.4 Å². The van der Waals surface area contributed by atoms with E-state index in [1.165, 1.54) is 6.07 Å². The van der Waals surface area contributed by atoms with Gasteiger partial charge in [0.25, 0.3) is 0 Å². The Kier molecular flexibility index (Phi) is 4.88. The molecule has 0 saturated heterocycles. The van der Waals surface area contributed by atoms with Gasteiger partial charge in [-0.1, -0.05) is 12.1 Å². The van der Waals surface area contributed by atoms with Crippen molar-refractivity contribution in [2.75, 3.05) is 23.9 Å². The predicted octanol–water partition coefficient (Wildman–Crippen LogP) is 1.73. The minimum Gasteiger partial charge on any atom is -0.495 e.